The molecule has 4 aromatic rings. The molecule has 0 fully saturated rings. The van der Waals surface area contributed by atoms with E-state index in [-0.39, 0.29) is 0 Å². The molecule has 154 valence electrons. The minimum Gasteiger partial charge on any atom is -0.494 e. The van der Waals surface area contributed by atoms with E-state index >= 15 is 0 Å². The molecule has 0 spiro atoms. The molecule has 0 unspecified atom stereocenters. The smallest absolute Gasteiger partial charge is 0.148 e. The van der Waals surface area contributed by atoms with Crippen LogP contribution in [0.2, 0.25) is 10.0 Å². The van der Waals surface area contributed by atoms with E-state index < -0.39 is 0 Å². The van der Waals surface area contributed by atoms with E-state index in [4.69, 9.17) is 37.7 Å². The maximum Gasteiger partial charge on any atom is 0.148 e. The summed E-state index contributed by atoms with van der Waals surface area (Å²) in [6.07, 6.45) is 0.850. The van der Waals surface area contributed by atoms with Crippen molar-refractivity contribution in [3.8, 4) is 11.5 Å². The van der Waals surface area contributed by atoms with Gasteiger partial charge in [0.15, 0.2) is 0 Å². The van der Waals surface area contributed by atoms with Crippen LogP contribution < -0.4 is 9.47 Å². The van der Waals surface area contributed by atoms with E-state index in [1.54, 1.807) is 18.2 Å². The number of imidazole rings is 1. The molecule has 0 saturated heterocycles. The second-order valence-corrected chi connectivity index (χ2v) is 7.89. The van der Waals surface area contributed by atoms with Crippen molar-refractivity contribution in [3.05, 3.63) is 88.2 Å². The topological polar surface area (TPSA) is 36.3 Å². The third kappa shape index (κ3) is 4.89. The van der Waals surface area contributed by atoms with Gasteiger partial charge in [-0.25, -0.2) is 4.98 Å². The molecule has 4 rings (SSSR count). The van der Waals surface area contributed by atoms with Gasteiger partial charge in [-0.1, -0.05) is 47.5 Å². The van der Waals surface area contributed by atoms with Gasteiger partial charge < -0.3 is 14.0 Å². The Morgan fingerprint density at radius 2 is 1.80 bits per heavy atom. The van der Waals surface area contributed by atoms with Crippen LogP contribution in [-0.4, -0.2) is 16.2 Å². The summed E-state index contributed by atoms with van der Waals surface area (Å²) in [6, 6.07) is 21.4. The Morgan fingerprint density at radius 3 is 2.63 bits per heavy atom. The highest BCUT2D eigenvalue weighted by molar-refractivity contribution is 6.35. The van der Waals surface area contributed by atoms with Gasteiger partial charge in [0.2, 0.25) is 0 Å². The fourth-order valence-corrected chi connectivity index (χ4v) is 3.80. The van der Waals surface area contributed by atoms with E-state index in [2.05, 4.69) is 23.6 Å². The molecule has 0 aliphatic heterocycles. The van der Waals surface area contributed by atoms with Crippen molar-refractivity contribution in [3.63, 3.8) is 0 Å². The zero-order valence-corrected chi connectivity index (χ0v) is 18.2. The van der Waals surface area contributed by atoms with Gasteiger partial charge in [0.1, 0.15) is 23.9 Å². The summed E-state index contributed by atoms with van der Waals surface area (Å²) in [5.41, 5.74) is 3.21. The van der Waals surface area contributed by atoms with Crippen molar-refractivity contribution in [1.82, 2.24) is 9.55 Å². The molecule has 1 heterocycles. The Bertz CT molecular complexity index is 1160. The molecular weight excluding hydrogens is 419 g/mol. The Balaban J connectivity index is 1.46. The van der Waals surface area contributed by atoms with E-state index in [1.807, 2.05) is 36.4 Å². The monoisotopic (exact) mass is 440 g/mol. The molecule has 30 heavy (non-hydrogen) atoms. The molecule has 0 amide bonds. The third-order valence-electron chi connectivity index (χ3n) is 4.77. The maximum absolute atomic E-state index is 6.23. The number of hydrogen-bond acceptors (Lipinski definition) is 3. The molecule has 0 bridgehead atoms. The third-order valence-corrected chi connectivity index (χ3v) is 5.30. The molecule has 0 radical (unpaired) electrons. The van der Waals surface area contributed by atoms with Gasteiger partial charge in [0.05, 0.1) is 22.7 Å². The number of fused-ring (bicyclic) bond motifs is 1. The normalized spacial score (nSPS) is 11.0. The van der Waals surface area contributed by atoms with Gasteiger partial charge in [-0.05, 0) is 61.4 Å². The lowest BCUT2D eigenvalue weighted by Gasteiger charge is -2.12. The number of ether oxygens (including phenoxy) is 2. The van der Waals surface area contributed by atoms with Gasteiger partial charge in [0.25, 0.3) is 0 Å². The summed E-state index contributed by atoms with van der Waals surface area (Å²) >= 11 is 12.2. The summed E-state index contributed by atoms with van der Waals surface area (Å²) in [5, 5.41) is 1.06. The summed E-state index contributed by atoms with van der Waals surface area (Å²) in [6.45, 7) is 3.77. The Hall–Kier alpha value is -2.69. The van der Waals surface area contributed by atoms with Crippen LogP contribution in [0.5, 0.6) is 11.5 Å². The number of nitrogens with zero attached hydrogens (tertiary/aromatic N) is 2. The average Bonchev–Trinajstić information content (AvgIpc) is 3.08. The van der Waals surface area contributed by atoms with Crippen LogP contribution in [0.25, 0.3) is 11.0 Å². The number of benzene rings is 3. The Morgan fingerprint density at radius 1 is 0.933 bits per heavy atom. The van der Waals surface area contributed by atoms with E-state index in [9.17, 15) is 0 Å². The molecule has 0 saturated carbocycles. The first-order valence-corrected chi connectivity index (χ1v) is 10.6. The number of aryl methyl sites for hydroxylation is 2. The number of halogens is 2. The van der Waals surface area contributed by atoms with E-state index in [1.165, 1.54) is 5.56 Å². The van der Waals surface area contributed by atoms with Crippen molar-refractivity contribution < 1.29 is 9.47 Å². The first-order valence-electron chi connectivity index (χ1n) is 9.81. The molecule has 1 aromatic heterocycles. The molecule has 0 aliphatic carbocycles. The fraction of sp³-hybridized carbons (Fsp3) is 0.208. The highest BCUT2D eigenvalue weighted by Gasteiger charge is 2.12. The lowest BCUT2D eigenvalue weighted by Crippen LogP contribution is -2.10. The maximum atomic E-state index is 6.23. The van der Waals surface area contributed by atoms with E-state index in [0.717, 1.165) is 35.6 Å². The summed E-state index contributed by atoms with van der Waals surface area (Å²) in [4.78, 5) is 4.75. The zero-order valence-electron chi connectivity index (χ0n) is 16.6. The number of rotatable bonds is 8. The van der Waals surface area contributed by atoms with Crippen LogP contribution in [-0.2, 0) is 13.2 Å². The van der Waals surface area contributed by atoms with Gasteiger partial charge >= 0.3 is 0 Å². The zero-order chi connectivity index (χ0) is 20.9. The molecular formula is C24H22Cl2N2O2. The number of para-hydroxylation sites is 2. The van der Waals surface area contributed by atoms with E-state index in [0.29, 0.717) is 29.0 Å². The van der Waals surface area contributed by atoms with Gasteiger partial charge in [-0.15, -0.1) is 0 Å². The SMILES string of the molecule is Cc1cccc(OCCCn2c(COc3ccc(Cl)cc3Cl)nc3ccccc32)c1. The van der Waals surface area contributed by atoms with Crippen molar-refractivity contribution in [1.29, 1.82) is 0 Å². The number of aromatic nitrogens is 2. The average molecular weight is 441 g/mol. The summed E-state index contributed by atoms with van der Waals surface area (Å²) < 4.78 is 14.0. The van der Waals surface area contributed by atoms with Crippen LogP contribution >= 0.6 is 23.2 Å². The highest BCUT2D eigenvalue weighted by Crippen LogP contribution is 2.28. The lowest BCUT2D eigenvalue weighted by atomic mass is 10.2. The second-order valence-electron chi connectivity index (χ2n) is 7.05. The van der Waals surface area contributed by atoms with Crippen molar-refractivity contribution in [2.24, 2.45) is 0 Å². The summed E-state index contributed by atoms with van der Waals surface area (Å²) in [5.74, 6) is 2.33. The molecule has 4 nitrogen and oxygen atoms in total. The lowest BCUT2D eigenvalue weighted by molar-refractivity contribution is 0.280. The molecule has 3 aromatic carbocycles. The molecule has 0 N–H and O–H groups in total. The predicted octanol–water partition coefficient (Wildman–Crippen LogP) is 6.70. The first-order chi connectivity index (χ1) is 14.6. The van der Waals surface area contributed by atoms with Crippen LogP contribution in [0.3, 0.4) is 0 Å². The van der Waals surface area contributed by atoms with Crippen LogP contribution in [0.1, 0.15) is 17.8 Å². The minimum atomic E-state index is 0.314. The van der Waals surface area contributed by atoms with Crippen molar-refractivity contribution >= 4 is 34.2 Å². The second kappa shape index (κ2) is 9.41. The largest absolute Gasteiger partial charge is 0.494 e. The first kappa shape index (κ1) is 20.6. The Kier molecular flexibility index (Phi) is 6.46. The number of hydrogen-bond donors (Lipinski definition) is 0. The molecule has 0 atom stereocenters. The Labute approximate surface area is 186 Å². The van der Waals surface area contributed by atoms with Gasteiger partial charge in [-0.2, -0.15) is 0 Å². The summed E-state index contributed by atoms with van der Waals surface area (Å²) in [7, 11) is 0. The van der Waals surface area contributed by atoms with Crippen molar-refractivity contribution in [2.45, 2.75) is 26.5 Å². The quantitative estimate of drug-likeness (QED) is 0.286. The van der Waals surface area contributed by atoms with Crippen LogP contribution in [0, 0.1) is 6.92 Å². The van der Waals surface area contributed by atoms with Crippen LogP contribution in [0.15, 0.2) is 66.7 Å². The van der Waals surface area contributed by atoms with Gasteiger partial charge in [0, 0.05) is 11.6 Å². The minimum absolute atomic E-state index is 0.314. The predicted molar refractivity (Wildman–Crippen MR) is 122 cm³/mol. The highest BCUT2D eigenvalue weighted by atomic mass is 35.5. The fourth-order valence-electron chi connectivity index (χ4n) is 3.34. The van der Waals surface area contributed by atoms with Crippen molar-refractivity contribution in [2.75, 3.05) is 6.61 Å². The standard InChI is InChI=1S/C24H22Cl2N2O2/c1-17-6-4-7-19(14-17)29-13-5-12-28-22-9-3-2-8-21(22)27-24(28)16-30-23-11-10-18(25)15-20(23)26/h2-4,6-11,14-15H,5,12-13,16H2,1H3. The van der Waals surface area contributed by atoms with Crippen LogP contribution in [0.4, 0.5) is 0 Å². The molecule has 6 heteroatoms. The van der Waals surface area contributed by atoms with Gasteiger partial charge in [-0.3, -0.25) is 0 Å². The molecule has 0 aliphatic rings.